The Kier molecular flexibility index (Phi) is 10.1. The van der Waals surface area contributed by atoms with E-state index in [4.69, 9.17) is 5.73 Å². The fourth-order valence-corrected chi connectivity index (χ4v) is 2.83. The summed E-state index contributed by atoms with van der Waals surface area (Å²) in [5.41, 5.74) is 6.90. The highest BCUT2D eigenvalue weighted by Gasteiger charge is 2.15. The summed E-state index contributed by atoms with van der Waals surface area (Å²) in [6.45, 7) is 6.15. The van der Waals surface area contributed by atoms with Crippen molar-refractivity contribution in [2.45, 2.75) is 19.8 Å². The van der Waals surface area contributed by atoms with E-state index in [2.05, 4.69) is 33.1 Å². The van der Waals surface area contributed by atoms with Crippen molar-refractivity contribution in [2.24, 2.45) is 5.92 Å². The lowest BCUT2D eigenvalue weighted by molar-refractivity contribution is 0.0945. The first-order valence-corrected chi connectivity index (χ1v) is 7.91. The third kappa shape index (κ3) is 6.32. The highest BCUT2D eigenvalue weighted by atomic mass is 79.9. The van der Waals surface area contributed by atoms with Crippen LogP contribution in [0.3, 0.4) is 0 Å². The SMILES string of the molecule is CC1CCN(CCNC(=O)c2ccc(Br)cc2N)CC1.Cl.Cl. The van der Waals surface area contributed by atoms with Crippen molar-refractivity contribution < 1.29 is 4.79 Å². The van der Waals surface area contributed by atoms with E-state index in [1.807, 2.05) is 6.07 Å². The van der Waals surface area contributed by atoms with Gasteiger partial charge in [0.2, 0.25) is 0 Å². The van der Waals surface area contributed by atoms with Crippen molar-refractivity contribution >= 4 is 52.3 Å². The Morgan fingerprint density at radius 1 is 1.36 bits per heavy atom. The molecule has 7 heteroatoms. The summed E-state index contributed by atoms with van der Waals surface area (Å²) in [6, 6.07) is 5.33. The molecule has 2 rings (SSSR count). The molecule has 0 unspecified atom stereocenters. The summed E-state index contributed by atoms with van der Waals surface area (Å²) in [5, 5.41) is 2.94. The maximum atomic E-state index is 12.0. The van der Waals surface area contributed by atoms with E-state index in [-0.39, 0.29) is 30.7 Å². The Balaban J connectivity index is 0.00000220. The molecule has 0 aliphatic carbocycles. The molecule has 1 aliphatic rings. The molecule has 1 amide bonds. The maximum Gasteiger partial charge on any atom is 0.253 e. The van der Waals surface area contributed by atoms with E-state index in [0.717, 1.165) is 30.0 Å². The van der Waals surface area contributed by atoms with Gasteiger partial charge in [0.15, 0.2) is 0 Å². The molecule has 0 atom stereocenters. The summed E-state index contributed by atoms with van der Waals surface area (Å²) in [5.74, 6) is 0.740. The van der Waals surface area contributed by atoms with Gasteiger partial charge in [-0.25, -0.2) is 0 Å². The van der Waals surface area contributed by atoms with Crippen LogP contribution < -0.4 is 11.1 Å². The second-order valence-electron chi connectivity index (χ2n) is 5.51. The number of carbonyl (C=O) groups excluding carboxylic acids is 1. The van der Waals surface area contributed by atoms with Crippen LogP contribution in [-0.2, 0) is 0 Å². The van der Waals surface area contributed by atoms with Crippen LogP contribution in [0.2, 0.25) is 0 Å². The first kappa shape index (κ1) is 21.5. The van der Waals surface area contributed by atoms with Gasteiger partial charge in [-0.15, -0.1) is 24.8 Å². The first-order valence-electron chi connectivity index (χ1n) is 7.12. The minimum Gasteiger partial charge on any atom is -0.398 e. The smallest absolute Gasteiger partial charge is 0.253 e. The Hall–Kier alpha value is -0.490. The highest BCUT2D eigenvalue weighted by molar-refractivity contribution is 9.10. The van der Waals surface area contributed by atoms with Gasteiger partial charge in [-0.05, 0) is 50.0 Å². The fraction of sp³-hybridized carbons (Fsp3) is 0.533. The third-order valence-corrected chi connectivity index (χ3v) is 4.34. The van der Waals surface area contributed by atoms with Gasteiger partial charge in [-0.3, -0.25) is 4.79 Å². The Bertz CT molecular complexity index is 480. The number of benzene rings is 1. The first-order chi connectivity index (χ1) is 9.56. The van der Waals surface area contributed by atoms with E-state index in [1.54, 1.807) is 12.1 Å². The van der Waals surface area contributed by atoms with Crippen LogP contribution in [-0.4, -0.2) is 37.0 Å². The average molecular weight is 413 g/mol. The minimum atomic E-state index is -0.0969. The van der Waals surface area contributed by atoms with Crippen molar-refractivity contribution in [1.29, 1.82) is 0 Å². The molecule has 3 N–H and O–H groups in total. The zero-order valence-electron chi connectivity index (χ0n) is 12.7. The molecule has 0 aromatic heterocycles. The number of amides is 1. The summed E-state index contributed by atoms with van der Waals surface area (Å²) in [7, 11) is 0. The number of hydrogen-bond acceptors (Lipinski definition) is 3. The molecule has 0 spiro atoms. The van der Waals surface area contributed by atoms with Crippen LogP contribution in [0.1, 0.15) is 30.1 Å². The molecule has 1 aliphatic heterocycles. The molecule has 1 saturated heterocycles. The van der Waals surface area contributed by atoms with Gasteiger partial charge < -0.3 is 16.0 Å². The number of nitrogens with two attached hydrogens (primary N) is 1. The second-order valence-corrected chi connectivity index (χ2v) is 6.43. The van der Waals surface area contributed by atoms with Crippen LogP contribution in [0.15, 0.2) is 22.7 Å². The lowest BCUT2D eigenvalue weighted by Gasteiger charge is -2.30. The van der Waals surface area contributed by atoms with Crippen molar-refractivity contribution in [3.8, 4) is 0 Å². The highest BCUT2D eigenvalue weighted by Crippen LogP contribution is 2.18. The van der Waals surface area contributed by atoms with Gasteiger partial charge in [0.05, 0.1) is 5.56 Å². The number of hydrogen-bond donors (Lipinski definition) is 2. The topological polar surface area (TPSA) is 58.4 Å². The van der Waals surface area contributed by atoms with E-state index >= 15 is 0 Å². The number of nitrogens with one attached hydrogen (secondary N) is 1. The number of likely N-dealkylation sites (tertiary alicyclic amines) is 1. The normalized spacial score (nSPS) is 15.5. The second kappa shape index (κ2) is 10.3. The molecule has 4 nitrogen and oxygen atoms in total. The van der Waals surface area contributed by atoms with E-state index in [0.29, 0.717) is 17.8 Å². The Morgan fingerprint density at radius 3 is 2.59 bits per heavy atom. The van der Waals surface area contributed by atoms with Crippen molar-refractivity contribution in [3.63, 3.8) is 0 Å². The summed E-state index contributed by atoms with van der Waals surface area (Å²) in [6.07, 6.45) is 2.52. The Labute approximate surface area is 153 Å². The number of nitrogen functional groups attached to an aromatic ring is 1. The lowest BCUT2D eigenvalue weighted by atomic mass is 9.99. The number of carbonyl (C=O) groups is 1. The van der Waals surface area contributed by atoms with Gasteiger partial charge in [0.25, 0.3) is 5.91 Å². The summed E-state index contributed by atoms with van der Waals surface area (Å²) in [4.78, 5) is 14.5. The standard InChI is InChI=1S/C15H22BrN3O.2ClH/c1-11-4-7-19(8-5-11)9-6-18-15(20)13-3-2-12(16)10-14(13)17;;/h2-3,10-11H,4-9,17H2,1H3,(H,18,20);2*1H. The number of nitrogens with zero attached hydrogens (tertiary/aromatic N) is 1. The molecule has 1 heterocycles. The van der Waals surface area contributed by atoms with Gasteiger partial charge in [0, 0.05) is 23.2 Å². The van der Waals surface area contributed by atoms with E-state index in [9.17, 15) is 4.79 Å². The Morgan fingerprint density at radius 2 is 2.00 bits per heavy atom. The van der Waals surface area contributed by atoms with E-state index < -0.39 is 0 Å². The molecule has 1 aromatic rings. The number of anilines is 1. The van der Waals surface area contributed by atoms with Crippen LogP contribution in [0.5, 0.6) is 0 Å². The molecule has 22 heavy (non-hydrogen) atoms. The molecule has 1 fully saturated rings. The van der Waals surface area contributed by atoms with Gasteiger partial charge in [0.1, 0.15) is 0 Å². The van der Waals surface area contributed by atoms with E-state index in [1.165, 1.54) is 12.8 Å². The minimum absolute atomic E-state index is 0. The molecule has 0 saturated carbocycles. The monoisotopic (exact) mass is 411 g/mol. The van der Waals surface area contributed by atoms with Crippen LogP contribution >= 0.6 is 40.7 Å². The van der Waals surface area contributed by atoms with Gasteiger partial charge in [-0.1, -0.05) is 22.9 Å². The molecule has 126 valence electrons. The van der Waals surface area contributed by atoms with Gasteiger partial charge in [-0.2, -0.15) is 0 Å². The summed E-state index contributed by atoms with van der Waals surface area (Å²) >= 11 is 3.34. The fourth-order valence-electron chi connectivity index (χ4n) is 2.45. The quantitative estimate of drug-likeness (QED) is 0.745. The van der Waals surface area contributed by atoms with Crippen molar-refractivity contribution in [1.82, 2.24) is 10.2 Å². The van der Waals surface area contributed by atoms with Crippen molar-refractivity contribution in [3.05, 3.63) is 28.2 Å². The summed E-state index contributed by atoms with van der Waals surface area (Å²) < 4.78 is 0.883. The van der Waals surface area contributed by atoms with Crippen LogP contribution in [0.25, 0.3) is 0 Å². The molecule has 0 bridgehead atoms. The zero-order chi connectivity index (χ0) is 14.5. The third-order valence-electron chi connectivity index (χ3n) is 3.85. The van der Waals surface area contributed by atoms with Crippen molar-refractivity contribution in [2.75, 3.05) is 31.9 Å². The average Bonchev–Trinajstić information content (AvgIpc) is 2.41. The van der Waals surface area contributed by atoms with Gasteiger partial charge >= 0.3 is 0 Å². The number of rotatable bonds is 4. The predicted octanol–water partition coefficient (Wildman–Crippen LogP) is 3.34. The number of halogens is 3. The largest absolute Gasteiger partial charge is 0.398 e. The molecular weight excluding hydrogens is 389 g/mol. The number of piperidine rings is 1. The molecular formula is C15H24BrCl2N3O. The lowest BCUT2D eigenvalue weighted by Crippen LogP contribution is -2.39. The van der Waals surface area contributed by atoms with Crippen LogP contribution in [0, 0.1) is 5.92 Å². The molecule has 0 radical (unpaired) electrons. The van der Waals surface area contributed by atoms with Crippen LogP contribution in [0.4, 0.5) is 5.69 Å². The zero-order valence-corrected chi connectivity index (χ0v) is 15.9. The molecule has 1 aromatic carbocycles. The predicted molar refractivity (Wildman–Crippen MR) is 100 cm³/mol. The maximum absolute atomic E-state index is 12.0.